The zero-order chi connectivity index (χ0) is 9.68. The zero-order valence-electron chi connectivity index (χ0n) is 8.71. The summed E-state index contributed by atoms with van der Waals surface area (Å²) >= 11 is 2.00. The van der Waals surface area contributed by atoms with E-state index < -0.39 is 0 Å². The number of hydrogen-bond donors (Lipinski definition) is 0. The third kappa shape index (κ3) is 3.43. The van der Waals surface area contributed by atoms with Crippen molar-refractivity contribution < 1.29 is 0 Å². The molecule has 0 atom stereocenters. The molecule has 0 spiro atoms. The molecule has 0 N–H and O–H groups in total. The summed E-state index contributed by atoms with van der Waals surface area (Å²) in [5, 5.41) is 0.780. The van der Waals surface area contributed by atoms with Gasteiger partial charge in [-0.05, 0) is 31.9 Å². The maximum Gasteiger partial charge on any atom is 0.00891 e. The van der Waals surface area contributed by atoms with Crippen molar-refractivity contribution in [3.63, 3.8) is 0 Å². The van der Waals surface area contributed by atoms with E-state index in [0.29, 0.717) is 0 Å². The molecule has 0 amide bonds. The Morgan fingerprint density at radius 3 is 2.08 bits per heavy atom. The van der Waals surface area contributed by atoms with E-state index in [2.05, 4.69) is 45.0 Å². The molecule has 0 aromatic heterocycles. The zero-order valence-corrected chi connectivity index (χ0v) is 9.53. The Morgan fingerprint density at radius 2 is 1.62 bits per heavy atom. The van der Waals surface area contributed by atoms with Gasteiger partial charge >= 0.3 is 0 Å². The third-order valence-corrected chi connectivity index (χ3v) is 3.78. The second-order valence-electron chi connectivity index (χ2n) is 3.37. The quantitative estimate of drug-likeness (QED) is 0.645. The second kappa shape index (κ2) is 5.33. The highest BCUT2D eigenvalue weighted by atomic mass is 32.2. The van der Waals surface area contributed by atoms with Crippen molar-refractivity contribution in [3.05, 3.63) is 29.8 Å². The fourth-order valence-electron chi connectivity index (χ4n) is 1.26. The van der Waals surface area contributed by atoms with Crippen molar-refractivity contribution in [2.75, 3.05) is 0 Å². The Labute approximate surface area is 85.7 Å². The number of thioether (sulfide) groups is 1. The van der Waals surface area contributed by atoms with Gasteiger partial charge in [-0.3, -0.25) is 0 Å². The Hall–Kier alpha value is -0.430. The summed E-state index contributed by atoms with van der Waals surface area (Å²) in [6.07, 6.45) is 2.52. The summed E-state index contributed by atoms with van der Waals surface area (Å²) in [7, 11) is 0. The average Bonchev–Trinajstić information content (AvgIpc) is 2.17. The first-order valence-electron chi connectivity index (χ1n) is 4.99. The summed E-state index contributed by atoms with van der Waals surface area (Å²) in [6.45, 7) is 6.65. The fourth-order valence-corrected chi connectivity index (χ4v) is 2.28. The SMILES string of the molecule is CCC(CC)Sc1ccc(C)cc1. The topological polar surface area (TPSA) is 0 Å². The highest BCUT2D eigenvalue weighted by molar-refractivity contribution is 8.00. The van der Waals surface area contributed by atoms with Gasteiger partial charge in [0.15, 0.2) is 0 Å². The van der Waals surface area contributed by atoms with Gasteiger partial charge in [-0.2, -0.15) is 0 Å². The molecule has 1 aromatic carbocycles. The molecular weight excluding hydrogens is 176 g/mol. The van der Waals surface area contributed by atoms with Crippen molar-refractivity contribution in [3.8, 4) is 0 Å². The van der Waals surface area contributed by atoms with Crippen LogP contribution in [0.5, 0.6) is 0 Å². The fraction of sp³-hybridized carbons (Fsp3) is 0.500. The van der Waals surface area contributed by atoms with Crippen LogP contribution >= 0.6 is 11.8 Å². The minimum atomic E-state index is 0.780. The molecule has 0 aliphatic carbocycles. The van der Waals surface area contributed by atoms with E-state index >= 15 is 0 Å². The van der Waals surface area contributed by atoms with Gasteiger partial charge in [0.1, 0.15) is 0 Å². The van der Waals surface area contributed by atoms with Gasteiger partial charge in [-0.15, -0.1) is 11.8 Å². The highest BCUT2D eigenvalue weighted by Gasteiger charge is 2.04. The van der Waals surface area contributed by atoms with E-state index in [1.807, 2.05) is 11.8 Å². The second-order valence-corrected chi connectivity index (χ2v) is 4.74. The number of aryl methyl sites for hydroxylation is 1. The van der Waals surface area contributed by atoms with E-state index in [-0.39, 0.29) is 0 Å². The van der Waals surface area contributed by atoms with E-state index in [1.165, 1.54) is 23.3 Å². The molecule has 1 heteroatoms. The minimum absolute atomic E-state index is 0.780. The maximum atomic E-state index is 2.26. The molecule has 0 saturated carbocycles. The van der Waals surface area contributed by atoms with Crippen molar-refractivity contribution in [1.29, 1.82) is 0 Å². The summed E-state index contributed by atoms with van der Waals surface area (Å²) in [5.74, 6) is 0. The molecule has 72 valence electrons. The first-order valence-corrected chi connectivity index (χ1v) is 5.87. The lowest BCUT2D eigenvalue weighted by Crippen LogP contribution is -1.96. The van der Waals surface area contributed by atoms with Crippen LogP contribution in [0.3, 0.4) is 0 Å². The van der Waals surface area contributed by atoms with Crippen molar-refractivity contribution in [1.82, 2.24) is 0 Å². The monoisotopic (exact) mass is 194 g/mol. The van der Waals surface area contributed by atoms with Crippen LogP contribution in [0, 0.1) is 6.92 Å². The Kier molecular flexibility index (Phi) is 4.37. The van der Waals surface area contributed by atoms with Crippen LogP contribution in [0.1, 0.15) is 32.3 Å². The van der Waals surface area contributed by atoms with Crippen molar-refractivity contribution in [2.24, 2.45) is 0 Å². The molecule has 13 heavy (non-hydrogen) atoms. The molecule has 0 heterocycles. The normalized spacial score (nSPS) is 10.8. The van der Waals surface area contributed by atoms with Gasteiger partial charge in [0.05, 0.1) is 0 Å². The van der Waals surface area contributed by atoms with E-state index in [4.69, 9.17) is 0 Å². The summed E-state index contributed by atoms with van der Waals surface area (Å²) < 4.78 is 0. The van der Waals surface area contributed by atoms with Crippen LogP contribution in [-0.4, -0.2) is 5.25 Å². The first kappa shape index (κ1) is 10.6. The molecule has 0 fully saturated rings. The molecule has 0 aliphatic heterocycles. The van der Waals surface area contributed by atoms with Gasteiger partial charge in [0.2, 0.25) is 0 Å². The first-order chi connectivity index (χ1) is 6.26. The van der Waals surface area contributed by atoms with Gasteiger partial charge in [-0.25, -0.2) is 0 Å². The predicted molar refractivity (Wildman–Crippen MR) is 61.4 cm³/mol. The van der Waals surface area contributed by atoms with Crippen LogP contribution in [0.25, 0.3) is 0 Å². The lowest BCUT2D eigenvalue weighted by atomic mass is 10.2. The third-order valence-electron chi connectivity index (χ3n) is 2.23. The Balaban J connectivity index is 2.58. The molecule has 0 saturated heterocycles. The van der Waals surface area contributed by atoms with Crippen LogP contribution in [-0.2, 0) is 0 Å². The smallest absolute Gasteiger partial charge is 0.00891 e. The molecule has 1 aromatic rings. The molecule has 0 aliphatic rings. The number of rotatable bonds is 4. The lowest BCUT2D eigenvalue weighted by Gasteiger charge is -2.11. The largest absolute Gasteiger partial charge is 0.123 e. The lowest BCUT2D eigenvalue weighted by molar-refractivity contribution is 0.792. The maximum absolute atomic E-state index is 2.26. The standard InChI is InChI=1S/C12H18S/c1-4-11(5-2)13-12-8-6-10(3)7-9-12/h6-9,11H,4-5H2,1-3H3. The van der Waals surface area contributed by atoms with Gasteiger partial charge in [-0.1, -0.05) is 31.5 Å². The predicted octanol–water partition coefficient (Wildman–Crippen LogP) is 4.28. The van der Waals surface area contributed by atoms with Crippen LogP contribution in [0.2, 0.25) is 0 Å². The summed E-state index contributed by atoms with van der Waals surface area (Å²) in [4.78, 5) is 1.40. The molecule has 0 radical (unpaired) electrons. The van der Waals surface area contributed by atoms with E-state index in [1.54, 1.807) is 0 Å². The van der Waals surface area contributed by atoms with Crippen LogP contribution < -0.4 is 0 Å². The van der Waals surface area contributed by atoms with Crippen molar-refractivity contribution >= 4 is 11.8 Å². The molecular formula is C12H18S. The van der Waals surface area contributed by atoms with Gasteiger partial charge < -0.3 is 0 Å². The Morgan fingerprint density at radius 1 is 1.08 bits per heavy atom. The van der Waals surface area contributed by atoms with Crippen LogP contribution in [0.4, 0.5) is 0 Å². The molecule has 0 nitrogen and oxygen atoms in total. The highest BCUT2D eigenvalue weighted by Crippen LogP contribution is 2.27. The average molecular weight is 194 g/mol. The van der Waals surface area contributed by atoms with Crippen LogP contribution in [0.15, 0.2) is 29.2 Å². The summed E-state index contributed by atoms with van der Waals surface area (Å²) in [5.41, 5.74) is 1.34. The van der Waals surface area contributed by atoms with Gasteiger partial charge in [0.25, 0.3) is 0 Å². The molecule has 1 rings (SSSR count). The van der Waals surface area contributed by atoms with Gasteiger partial charge in [0, 0.05) is 10.1 Å². The number of hydrogen-bond acceptors (Lipinski definition) is 1. The molecule has 0 bridgehead atoms. The van der Waals surface area contributed by atoms with E-state index in [9.17, 15) is 0 Å². The van der Waals surface area contributed by atoms with Crippen molar-refractivity contribution in [2.45, 2.75) is 43.8 Å². The summed E-state index contributed by atoms with van der Waals surface area (Å²) in [6, 6.07) is 8.81. The number of benzene rings is 1. The Bertz CT molecular complexity index is 234. The van der Waals surface area contributed by atoms with E-state index in [0.717, 1.165) is 5.25 Å². The molecule has 0 unspecified atom stereocenters. The minimum Gasteiger partial charge on any atom is -0.123 e.